The summed E-state index contributed by atoms with van der Waals surface area (Å²) in [6.45, 7) is 0. The van der Waals surface area contributed by atoms with Gasteiger partial charge in [-0.2, -0.15) is 0 Å². The summed E-state index contributed by atoms with van der Waals surface area (Å²) >= 11 is 0. The second kappa shape index (κ2) is 3.10. The quantitative estimate of drug-likeness (QED) is 0.554. The predicted octanol–water partition coefficient (Wildman–Crippen LogP) is 2.08. The van der Waals surface area contributed by atoms with E-state index in [0.29, 0.717) is 0 Å². The topological polar surface area (TPSA) is 3.88 Å². The lowest BCUT2D eigenvalue weighted by molar-refractivity contribution is -0.671. The minimum atomic E-state index is 1.25. The Bertz CT molecular complexity index is 313. The number of rotatable bonds is 1. The van der Waals surface area contributed by atoms with Gasteiger partial charge in [-0.15, -0.1) is 0 Å². The molecule has 12 heavy (non-hydrogen) atoms. The zero-order valence-corrected chi connectivity index (χ0v) is 7.46. The van der Waals surface area contributed by atoms with Gasteiger partial charge in [-0.25, -0.2) is 4.57 Å². The molecule has 0 spiro atoms. The summed E-state index contributed by atoms with van der Waals surface area (Å²) in [4.78, 5) is 0. The molecule has 0 saturated heterocycles. The molecule has 1 heteroatoms. The molecular formula is C11H14N+. The van der Waals surface area contributed by atoms with E-state index < -0.39 is 0 Å². The first-order valence-corrected chi connectivity index (χ1v) is 4.51. The first-order chi connectivity index (χ1) is 5.86. The molecule has 0 amide bonds. The first-order valence-electron chi connectivity index (χ1n) is 4.51. The van der Waals surface area contributed by atoms with Crippen molar-refractivity contribution in [3.8, 4) is 0 Å². The third-order valence-electron chi connectivity index (χ3n) is 2.35. The van der Waals surface area contributed by atoms with Crippen LogP contribution in [0, 0.1) is 0 Å². The number of allylic oxidation sites excluding steroid dienone is 2. The normalized spacial score (nSPS) is 16.2. The fourth-order valence-electron chi connectivity index (χ4n) is 1.71. The maximum atomic E-state index is 2.36. The highest BCUT2D eigenvalue weighted by Crippen LogP contribution is 2.26. The standard InChI is InChI=1S/C11H14N/c1-12-8-4-7-11(9-12)10-5-2-3-6-10/h4-5,7-9H,2-3,6H2,1H3/q+1. The summed E-state index contributed by atoms with van der Waals surface area (Å²) < 4.78 is 2.11. The fraction of sp³-hybridized carbons (Fsp3) is 0.364. The molecule has 0 N–H and O–H groups in total. The minimum absolute atomic E-state index is 1.25. The van der Waals surface area contributed by atoms with Crippen molar-refractivity contribution in [2.75, 3.05) is 0 Å². The van der Waals surface area contributed by atoms with Crippen LogP contribution in [0.1, 0.15) is 24.8 Å². The first kappa shape index (κ1) is 7.53. The lowest BCUT2D eigenvalue weighted by Gasteiger charge is -1.98. The number of nitrogens with zero attached hydrogens (tertiary/aromatic N) is 1. The summed E-state index contributed by atoms with van der Waals surface area (Å²) in [7, 11) is 2.07. The molecule has 0 atom stereocenters. The summed E-state index contributed by atoms with van der Waals surface area (Å²) in [5, 5.41) is 0. The Morgan fingerprint density at radius 1 is 1.42 bits per heavy atom. The Labute approximate surface area is 73.4 Å². The second-order valence-corrected chi connectivity index (χ2v) is 3.38. The van der Waals surface area contributed by atoms with Gasteiger partial charge in [0.2, 0.25) is 0 Å². The molecule has 0 aromatic carbocycles. The molecule has 0 radical (unpaired) electrons. The van der Waals surface area contributed by atoms with Crippen molar-refractivity contribution >= 4 is 5.57 Å². The maximum Gasteiger partial charge on any atom is 0.176 e. The molecule has 0 saturated carbocycles. The SMILES string of the molecule is C[n+]1cccc(C2=CCCC2)c1. The Morgan fingerprint density at radius 3 is 3.00 bits per heavy atom. The van der Waals surface area contributed by atoms with Crippen LogP contribution in [-0.2, 0) is 7.05 Å². The summed E-state index contributed by atoms with van der Waals surface area (Å²) in [5.74, 6) is 0. The zero-order valence-electron chi connectivity index (χ0n) is 7.46. The highest BCUT2D eigenvalue weighted by Gasteiger charge is 2.08. The van der Waals surface area contributed by atoms with Crippen LogP contribution in [-0.4, -0.2) is 0 Å². The molecular weight excluding hydrogens is 146 g/mol. The van der Waals surface area contributed by atoms with Crippen molar-refractivity contribution in [3.63, 3.8) is 0 Å². The van der Waals surface area contributed by atoms with E-state index in [2.05, 4.69) is 42.2 Å². The van der Waals surface area contributed by atoms with Crippen LogP contribution in [0.4, 0.5) is 0 Å². The van der Waals surface area contributed by atoms with Gasteiger partial charge < -0.3 is 0 Å². The van der Waals surface area contributed by atoms with E-state index in [-0.39, 0.29) is 0 Å². The smallest absolute Gasteiger partial charge is 0.176 e. The Kier molecular flexibility index (Phi) is 1.94. The zero-order chi connectivity index (χ0) is 8.39. The van der Waals surface area contributed by atoms with E-state index in [4.69, 9.17) is 0 Å². The van der Waals surface area contributed by atoms with E-state index in [9.17, 15) is 0 Å². The molecule has 0 aliphatic heterocycles. The van der Waals surface area contributed by atoms with Gasteiger partial charge in [-0.05, 0) is 30.9 Å². The van der Waals surface area contributed by atoms with E-state index >= 15 is 0 Å². The van der Waals surface area contributed by atoms with E-state index in [1.807, 2.05) is 0 Å². The van der Waals surface area contributed by atoms with Crippen molar-refractivity contribution in [2.45, 2.75) is 19.3 Å². The number of pyridine rings is 1. The Morgan fingerprint density at radius 2 is 2.33 bits per heavy atom. The Hall–Kier alpha value is -1.11. The van der Waals surface area contributed by atoms with E-state index in [0.717, 1.165) is 0 Å². The van der Waals surface area contributed by atoms with Gasteiger partial charge in [-0.3, -0.25) is 0 Å². The van der Waals surface area contributed by atoms with Gasteiger partial charge in [0.25, 0.3) is 0 Å². The van der Waals surface area contributed by atoms with Crippen LogP contribution < -0.4 is 4.57 Å². The van der Waals surface area contributed by atoms with Crippen LogP contribution in [0.15, 0.2) is 30.6 Å². The molecule has 1 nitrogen and oxygen atoms in total. The van der Waals surface area contributed by atoms with Gasteiger partial charge in [0.1, 0.15) is 7.05 Å². The number of hydrogen-bond acceptors (Lipinski definition) is 0. The third kappa shape index (κ3) is 1.40. The highest BCUT2D eigenvalue weighted by molar-refractivity contribution is 5.65. The number of aromatic nitrogens is 1. The van der Waals surface area contributed by atoms with E-state index in [1.165, 1.54) is 30.4 Å². The molecule has 62 valence electrons. The summed E-state index contributed by atoms with van der Waals surface area (Å²) in [6, 6.07) is 4.30. The van der Waals surface area contributed by atoms with Gasteiger partial charge in [0.15, 0.2) is 12.4 Å². The van der Waals surface area contributed by atoms with E-state index in [1.54, 1.807) is 0 Å². The monoisotopic (exact) mass is 160 g/mol. The molecule has 1 heterocycles. The average Bonchev–Trinajstić information content (AvgIpc) is 2.56. The van der Waals surface area contributed by atoms with Crippen LogP contribution >= 0.6 is 0 Å². The maximum absolute atomic E-state index is 2.36. The molecule has 0 bridgehead atoms. The van der Waals surface area contributed by atoms with Crippen LogP contribution in [0.5, 0.6) is 0 Å². The van der Waals surface area contributed by atoms with Gasteiger partial charge >= 0.3 is 0 Å². The second-order valence-electron chi connectivity index (χ2n) is 3.38. The van der Waals surface area contributed by atoms with Gasteiger partial charge in [0, 0.05) is 11.6 Å². The van der Waals surface area contributed by atoms with Crippen molar-refractivity contribution in [1.82, 2.24) is 0 Å². The van der Waals surface area contributed by atoms with Gasteiger partial charge in [-0.1, -0.05) is 6.08 Å². The lowest BCUT2D eigenvalue weighted by atomic mass is 10.1. The van der Waals surface area contributed by atoms with Crippen molar-refractivity contribution in [2.24, 2.45) is 7.05 Å². The van der Waals surface area contributed by atoms with Crippen molar-refractivity contribution in [3.05, 3.63) is 36.2 Å². The molecule has 0 fully saturated rings. The molecule has 2 rings (SSSR count). The number of hydrogen-bond donors (Lipinski definition) is 0. The summed E-state index contributed by atoms with van der Waals surface area (Å²) in [6.07, 6.45) is 10.5. The fourth-order valence-corrected chi connectivity index (χ4v) is 1.71. The average molecular weight is 160 g/mol. The molecule has 1 aromatic rings. The molecule has 1 aromatic heterocycles. The third-order valence-corrected chi connectivity index (χ3v) is 2.35. The molecule has 1 aliphatic carbocycles. The van der Waals surface area contributed by atoms with Crippen molar-refractivity contribution in [1.29, 1.82) is 0 Å². The minimum Gasteiger partial charge on any atom is -0.207 e. The van der Waals surface area contributed by atoms with Crippen molar-refractivity contribution < 1.29 is 4.57 Å². The van der Waals surface area contributed by atoms with Crippen LogP contribution in [0.3, 0.4) is 0 Å². The Balaban J connectivity index is 2.33. The highest BCUT2D eigenvalue weighted by atomic mass is 14.9. The molecule has 0 unspecified atom stereocenters. The van der Waals surface area contributed by atoms with Crippen LogP contribution in [0.2, 0.25) is 0 Å². The lowest BCUT2D eigenvalue weighted by Crippen LogP contribution is -2.26. The van der Waals surface area contributed by atoms with Crippen LogP contribution in [0.25, 0.3) is 5.57 Å². The predicted molar refractivity (Wildman–Crippen MR) is 49.4 cm³/mol. The van der Waals surface area contributed by atoms with Gasteiger partial charge in [0.05, 0.1) is 0 Å². The summed E-state index contributed by atoms with van der Waals surface area (Å²) in [5.41, 5.74) is 2.91. The number of aryl methyl sites for hydroxylation is 1. The molecule has 1 aliphatic rings. The largest absolute Gasteiger partial charge is 0.207 e.